The average Bonchev–Trinajstić information content (AvgIpc) is 2.84. The second-order valence-corrected chi connectivity index (χ2v) is 8.58. The lowest BCUT2D eigenvalue weighted by atomic mass is 10.2. The molecule has 0 bridgehead atoms. The molecule has 0 radical (unpaired) electrons. The van der Waals surface area contributed by atoms with Crippen LogP contribution in [0.1, 0.15) is 6.42 Å². The maximum absolute atomic E-state index is 12.4. The van der Waals surface area contributed by atoms with Gasteiger partial charge in [0, 0.05) is 73.7 Å². The van der Waals surface area contributed by atoms with Crippen molar-refractivity contribution in [1.82, 2.24) is 4.90 Å². The van der Waals surface area contributed by atoms with Crippen molar-refractivity contribution in [2.24, 2.45) is 0 Å². The summed E-state index contributed by atoms with van der Waals surface area (Å²) in [4.78, 5) is 29.0. The zero-order valence-corrected chi connectivity index (χ0v) is 20.6. The summed E-state index contributed by atoms with van der Waals surface area (Å²) in [6, 6.07) is 14.2. The van der Waals surface area contributed by atoms with Crippen LogP contribution in [0.3, 0.4) is 0 Å². The number of morpholine rings is 1. The Morgan fingerprint density at radius 1 is 0.882 bits per heavy atom. The van der Waals surface area contributed by atoms with Crippen molar-refractivity contribution >= 4 is 57.9 Å². The third-order valence-corrected chi connectivity index (χ3v) is 5.70. The predicted molar refractivity (Wildman–Crippen MR) is 140 cm³/mol. The number of rotatable bonds is 11. The number of carbonyl (C=O) groups excluding carboxylic acids is 2. The molecule has 1 heterocycles. The van der Waals surface area contributed by atoms with Gasteiger partial charge in [0.1, 0.15) is 0 Å². The molecule has 0 aromatic heterocycles. The fourth-order valence-electron chi connectivity index (χ4n) is 3.61. The molecule has 1 aliphatic rings. The number of halogens is 2. The summed E-state index contributed by atoms with van der Waals surface area (Å²) in [5, 5.41) is 8.50. The summed E-state index contributed by atoms with van der Waals surface area (Å²) in [6.07, 6.45) is 0.404. The third kappa shape index (κ3) is 8.68. The van der Waals surface area contributed by atoms with E-state index in [-0.39, 0.29) is 11.9 Å². The minimum Gasteiger partial charge on any atom is -0.379 e. The molecule has 0 saturated carbocycles. The van der Waals surface area contributed by atoms with Crippen LogP contribution in [0.2, 0.25) is 0 Å². The predicted octanol–water partition coefficient (Wildman–Crippen LogP) is 4.28. The summed E-state index contributed by atoms with van der Waals surface area (Å²) < 4.78 is 5.32. The Morgan fingerprint density at radius 3 is 2.15 bits per heavy atom. The van der Waals surface area contributed by atoms with Gasteiger partial charge < -0.3 is 25.6 Å². The van der Waals surface area contributed by atoms with E-state index in [4.69, 9.17) is 27.9 Å². The standard InChI is InChI=1S/C24H31Cl2N5O3/c25-9-12-31(13-10-26)22-6-4-19(5-7-22)28-24(33)29-21-3-1-2-20(18-21)27-23(32)8-11-30-14-16-34-17-15-30/h1-7,18H,8-17H2,(H,27,32)(H2,28,29,33). The van der Waals surface area contributed by atoms with E-state index in [1.807, 2.05) is 24.3 Å². The van der Waals surface area contributed by atoms with E-state index in [1.165, 1.54) is 0 Å². The molecule has 8 nitrogen and oxygen atoms in total. The number of nitrogens with zero attached hydrogens (tertiary/aromatic N) is 2. The zero-order valence-electron chi connectivity index (χ0n) is 19.1. The second-order valence-electron chi connectivity index (χ2n) is 7.82. The van der Waals surface area contributed by atoms with Crippen molar-refractivity contribution in [3.05, 3.63) is 48.5 Å². The van der Waals surface area contributed by atoms with Gasteiger partial charge in [-0.1, -0.05) is 6.07 Å². The minimum atomic E-state index is -0.373. The van der Waals surface area contributed by atoms with Crippen molar-refractivity contribution in [2.45, 2.75) is 6.42 Å². The molecular weight excluding hydrogens is 477 g/mol. The van der Waals surface area contributed by atoms with E-state index in [0.29, 0.717) is 68.1 Å². The van der Waals surface area contributed by atoms with E-state index < -0.39 is 0 Å². The molecule has 3 N–H and O–H groups in total. The summed E-state index contributed by atoms with van der Waals surface area (Å²) in [5.41, 5.74) is 2.86. The van der Waals surface area contributed by atoms with Gasteiger partial charge in [0.15, 0.2) is 0 Å². The molecule has 34 heavy (non-hydrogen) atoms. The monoisotopic (exact) mass is 507 g/mol. The molecule has 0 spiro atoms. The van der Waals surface area contributed by atoms with E-state index in [1.54, 1.807) is 24.3 Å². The van der Waals surface area contributed by atoms with Gasteiger partial charge in [0.25, 0.3) is 0 Å². The molecule has 2 aromatic carbocycles. The maximum atomic E-state index is 12.4. The highest BCUT2D eigenvalue weighted by molar-refractivity contribution is 6.18. The summed E-state index contributed by atoms with van der Waals surface area (Å²) in [7, 11) is 0. The molecule has 0 atom stereocenters. The number of hydrogen-bond donors (Lipinski definition) is 3. The quantitative estimate of drug-likeness (QED) is 0.395. The fourth-order valence-corrected chi connectivity index (χ4v) is 4.01. The Labute approximate surface area is 210 Å². The topological polar surface area (TPSA) is 85.9 Å². The molecule has 1 fully saturated rings. The van der Waals surface area contributed by atoms with Crippen molar-refractivity contribution in [2.75, 3.05) is 78.5 Å². The molecule has 2 aromatic rings. The van der Waals surface area contributed by atoms with Gasteiger partial charge in [-0.15, -0.1) is 23.2 Å². The van der Waals surface area contributed by atoms with Crippen molar-refractivity contribution < 1.29 is 14.3 Å². The first-order valence-electron chi connectivity index (χ1n) is 11.3. The Kier molecular flexibility index (Phi) is 10.8. The molecule has 1 aliphatic heterocycles. The molecule has 0 unspecified atom stereocenters. The molecule has 3 rings (SSSR count). The Morgan fingerprint density at radius 2 is 1.50 bits per heavy atom. The molecule has 0 aliphatic carbocycles. The lowest BCUT2D eigenvalue weighted by molar-refractivity contribution is -0.116. The fraction of sp³-hybridized carbons (Fsp3) is 0.417. The first kappa shape index (κ1) is 26.1. The van der Waals surface area contributed by atoms with Crippen LogP contribution in [0.25, 0.3) is 0 Å². The van der Waals surface area contributed by atoms with E-state index >= 15 is 0 Å². The number of anilines is 4. The van der Waals surface area contributed by atoms with E-state index in [0.717, 1.165) is 18.8 Å². The number of ether oxygens (including phenoxy) is 1. The van der Waals surface area contributed by atoms with Crippen LogP contribution in [0.4, 0.5) is 27.5 Å². The number of amides is 3. The highest BCUT2D eigenvalue weighted by atomic mass is 35.5. The lowest BCUT2D eigenvalue weighted by Gasteiger charge is -2.26. The molecule has 1 saturated heterocycles. The van der Waals surface area contributed by atoms with Crippen LogP contribution < -0.4 is 20.9 Å². The number of benzene rings is 2. The SMILES string of the molecule is O=C(CCN1CCOCC1)Nc1cccc(NC(=O)Nc2ccc(N(CCCl)CCCl)cc2)c1. The number of hydrogen-bond acceptors (Lipinski definition) is 5. The Bertz CT molecular complexity index is 917. The average molecular weight is 508 g/mol. The van der Waals surface area contributed by atoms with Gasteiger partial charge >= 0.3 is 6.03 Å². The van der Waals surface area contributed by atoms with Crippen LogP contribution in [0.15, 0.2) is 48.5 Å². The zero-order chi connectivity index (χ0) is 24.2. The van der Waals surface area contributed by atoms with Gasteiger partial charge in [-0.3, -0.25) is 9.69 Å². The van der Waals surface area contributed by atoms with Crippen LogP contribution in [-0.4, -0.2) is 74.5 Å². The normalized spacial score (nSPS) is 13.8. The van der Waals surface area contributed by atoms with E-state index in [9.17, 15) is 9.59 Å². The van der Waals surface area contributed by atoms with Crippen LogP contribution in [0.5, 0.6) is 0 Å². The smallest absolute Gasteiger partial charge is 0.323 e. The highest BCUT2D eigenvalue weighted by Crippen LogP contribution is 2.19. The molecule has 10 heteroatoms. The van der Waals surface area contributed by atoms with Gasteiger partial charge in [-0.05, 0) is 42.5 Å². The van der Waals surface area contributed by atoms with Gasteiger partial charge in [-0.25, -0.2) is 4.79 Å². The number of urea groups is 1. The van der Waals surface area contributed by atoms with Crippen LogP contribution in [-0.2, 0) is 9.53 Å². The van der Waals surface area contributed by atoms with Gasteiger partial charge in [0.2, 0.25) is 5.91 Å². The molecule has 3 amide bonds. The number of carbonyl (C=O) groups is 2. The Balaban J connectivity index is 1.48. The minimum absolute atomic E-state index is 0.0643. The largest absolute Gasteiger partial charge is 0.379 e. The maximum Gasteiger partial charge on any atom is 0.323 e. The highest BCUT2D eigenvalue weighted by Gasteiger charge is 2.12. The Hall–Kier alpha value is -2.52. The first-order valence-corrected chi connectivity index (χ1v) is 12.4. The van der Waals surface area contributed by atoms with Crippen LogP contribution in [0, 0.1) is 0 Å². The van der Waals surface area contributed by atoms with Crippen molar-refractivity contribution in [1.29, 1.82) is 0 Å². The summed E-state index contributed by atoms with van der Waals surface area (Å²) in [5.74, 6) is 0.949. The summed E-state index contributed by atoms with van der Waals surface area (Å²) in [6.45, 7) is 5.21. The van der Waals surface area contributed by atoms with Gasteiger partial charge in [-0.2, -0.15) is 0 Å². The van der Waals surface area contributed by atoms with E-state index in [2.05, 4.69) is 25.8 Å². The third-order valence-electron chi connectivity index (χ3n) is 5.36. The van der Waals surface area contributed by atoms with Gasteiger partial charge in [0.05, 0.1) is 13.2 Å². The molecule has 184 valence electrons. The lowest BCUT2D eigenvalue weighted by Crippen LogP contribution is -2.38. The van der Waals surface area contributed by atoms with Crippen LogP contribution >= 0.6 is 23.2 Å². The van der Waals surface area contributed by atoms with Crippen molar-refractivity contribution in [3.63, 3.8) is 0 Å². The number of nitrogens with one attached hydrogen (secondary N) is 3. The molecular formula is C24H31Cl2N5O3. The second kappa shape index (κ2) is 14.0. The van der Waals surface area contributed by atoms with Crippen molar-refractivity contribution in [3.8, 4) is 0 Å². The summed E-state index contributed by atoms with van der Waals surface area (Å²) >= 11 is 11.7. The first-order chi connectivity index (χ1) is 16.6. The number of alkyl halides is 2.